The Morgan fingerprint density at radius 1 is 0.636 bits per heavy atom. The summed E-state index contributed by atoms with van der Waals surface area (Å²) in [6.07, 6.45) is -8.19. The van der Waals surface area contributed by atoms with Gasteiger partial charge in [0.2, 0.25) is 0 Å². The van der Waals surface area contributed by atoms with Gasteiger partial charge in [0.05, 0.1) is 24.4 Å². The third kappa shape index (κ3) is 7.77. The molecule has 0 aromatic heterocycles. The Balaban J connectivity index is 4.28. The molecule has 0 spiro atoms. The largest absolute Gasteiger partial charge is 0.396 e. The Bertz CT molecular complexity index is 257. The van der Waals surface area contributed by atoms with Crippen molar-refractivity contribution in [3.05, 3.63) is 0 Å². The standard InChI is InChI=1S/C13H29NO8/c1-14(6-10(19)12(21)8(17)2-4-15)7-11(20)13(22)9(18)3-5-16/h8-13,15-22H,2-7H2,1H3. The Morgan fingerprint density at radius 2 is 0.955 bits per heavy atom. The molecular formula is C13H29NO8. The average Bonchev–Trinajstić information content (AvgIpc) is 2.45. The summed E-state index contributed by atoms with van der Waals surface area (Å²) in [5.74, 6) is 0. The molecule has 9 heteroatoms. The molecule has 6 unspecified atom stereocenters. The number of rotatable bonds is 12. The van der Waals surface area contributed by atoms with E-state index in [4.69, 9.17) is 10.2 Å². The maximum absolute atomic E-state index is 9.77. The fourth-order valence-electron chi connectivity index (χ4n) is 2.05. The zero-order valence-electron chi connectivity index (χ0n) is 12.7. The first-order valence-corrected chi connectivity index (χ1v) is 7.23. The van der Waals surface area contributed by atoms with Crippen LogP contribution in [0.5, 0.6) is 0 Å². The van der Waals surface area contributed by atoms with Crippen LogP contribution in [-0.4, -0.2) is 116 Å². The van der Waals surface area contributed by atoms with Crippen molar-refractivity contribution in [2.24, 2.45) is 0 Å². The van der Waals surface area contributed by atoms with Crippen LogP contribution in [-0.2, 0) is 0 Å². The number of nitrogens with zero attached hydrogens (tertiary/aromatic N) is 1. The molecule has 0 aromatic carbocycles. The second-order valence-corrected chi connectivity index (χ2v) is 5.50. The molecule has 6 atom stereocenters. The highest BCUT2D eigenvalue weighted by Crippen LogP contribution is 2.08. The van der Waals surface area contributed by atoms with Crippen molar-refractivity contribution in [3.63, 3.8) is 0 Å². The zero-order valence-corrected chi connectivity index (χ0v) is 12.7. The van der Waals surface area contributed by atoms with Gasteiger partial charge in [0, 0.05) is 26.3 Å². The summed E-state index contributed by atoms with van der Waals surface area (Å²) >= 11 is 0. The van der Waals surface area contributed by atoms with Crippen molar-refractivity contribution in [2.75, 3.05) is 33.4 Å². The van der Waals surface area contributed by atoms with E-state index >= 15 is 0 Å². The van der Waals surface area contributed by atoms with E-state index in [-0.39, 0.29) is 39.1 Å². The number of likely N-dealkylation sites (N-methyl/N-ethyl adjacent to an activating group) is 1. The second kappa shape index (κ2) is 11.2. The second-order valence-electron chi connectivity index (χ2n) is 5.50. The van der Waals surface area contributed by atoms with Gasteiger partial charge in [0.15, 0.2) is 0 Å². The minimum absolute atomic E-state index is 0.0728. The SMILES string of the molecule is CN(CC(O)C(O)C(O)CCO)CC(O)C(O)C(O)CCO. The quantitative estimate of drug-likeness (QED) is 0.178. The summed E-state index contributed by atoms with van der Waals surface area (Å²) in [5.41, 5.74) is 0. The number of aliphatic hydroxyl groups is 8. The van der Waals surface area contributed by atoms with Crippen molar-refractivity contribution < 1.29 is 40.9 Å². The molecule has 0 radical (unpaired) electrons. The van der Waals surface area contributed by atoms with Crippen molar-refractivity contribution >= 4 is 0 Å². The van der Waals surface area contributed by atoms with Gasteiger partial charge in [-0.3, -0.25) is 0 Å². The van der Waals surface area contributed by atoms with Crippen molar-refractivity contribution in [1.29, 1.82) is 0 Å². The Labute approximate surface area is 129 Å². The van der Waals surface area contributed by atoms with Crippen molar-refractivity contribution in [2.45, 2.75) is 49.5 Å². The predicted octanol–water partition coefficient (Wildman–Crippen LogP) is -4.15. The van der Waals surface area contributed by atoms with Crippen LogP contribution < -0.4 is 0 Å². The highest BCUT2D eigenvalue weighted by Gasteiger charge is 2.28. The molecule has 0 fully saturated rings. The fraction of sp³-hybridized carbons (Fsp3) is 1.00. The van der Waals surface area contributed by atoms with Gasteiger partial charge in [0.1, 0.15) is 12.2 Å². The number of hydrogen-bond donors (Lipinski definition) is 8. The smallest absolute Gasteiger partial charge is 0.107 e. The zero-order chi connectivity index (χ0) is 17.3. The first-order valence-electron chi connectivity index (χ1n) is 7.23. The van der Waals surface area contributed by atoms with Crippen molar-refractivity contribution in [3.8, 4) is 0 Å². The molecule has 134 valence electrons. The molecule has 0 amide bonds. The van der Waals surface area contributed by atoms with E-state index in [1.807, 2.05) is 0 Å². The molecule has 0 aromatic rings. The van der Waals surface area contributed by atoms with E-state index < -0.39 is 36.6 Å². The molecular weight excluding hydrogens is 298 g/mol. The van der Waals surface area contributed by atoms with Crippen LogP contribution in [0.25, 0.3) is 0 Å². The van der Waals surface area contributed by atoms with Crippen LogP contribution in [0, 0.1) is 0 Å². The maximum atomic E-state index is 9.77. The molecule has 0 aliphatic heterocycles. The van der Waals surface area contributed by atoms with Crippen LogP contribution in [0.3, 0.4) is 0 Å². The summed E-state index contributed by atoms with van der Waals surface area (Å²) in [6.45, 7) is -0.837. The molecule has 0 saturated heterocycles. The summed E-state index contributed by atoms with van der Waals surface area (Å²) in [4.78, 5) is 1.42. The van der Waals surface area contributed by atoms with Crippen LogP contribution in [0.4, 0.5) is 0 Å². The monoisotopic (exact) mass is 327 g/mol. The number of hydrogen-bond acceptors (Lipinski definition) is 9. The predicted molar refractivity (Wildman–Crippen MR) is 76.9 cm³/mol. The van der Waals surface area contributed by atoms with Crippen LogP contribution >= 0.6 is 0 Å². The number of aliphatic hydroxyl groups excluding tert-OH is 8. The van der Waals surface area contributed by atoms with E-state index in [1.165, 1.54) is 11.9 Å². The molecule has 0 heterocycles. The van der Waals surface area contributed by atoms with E-state index in [0.717, 1.165) is 0 Å². The molecule has 0 aliphatic carbocycles. The highest BCUT2D eigenvalue weighted by molar-refractivity contribution is 4.81. The minimum Gasteiger partial charge on any atom is -0.396 e. The molecule has 8 N–H and O–H groups in total. The van der Waals surface area contributed by atoms with Crippen LogP contribution in [0.2, 0.25) is 0 Å². The summed E-state index contributed by atoms with van der Waals surface area (Å²) in [6, 6.07) is 0. The van der Waals surface area contributed by atoms with Gasteiger partial charge in [-0.1, -0.05) is 0 Å². The summed E-state index contributed by atoms with van der Waals surface area (Å²) in [7, 11) is 1.52. The third-order valence-corrected chi connectivity index (χ3v) is 3.42. The fourth-order valence-corrected chi connectivity index (χ4v) is 2.05. The normalized spacial score (nSPS) is 20.5. The van der Waals surface area contributed by atoms with Gasteiger partial charge in [-0.05, 0) is 19.9 Å². The molecule has 0 aliphatic rings. The molecule has 22 heavy (non-hydrogen) atoms. The Morgan fingerprint density at radius 3 is 1.23 bits per heavy atom. The molecule has 0 bridgehead atoms. The Kier molecular flexibility index (Phi) is 11.0. The summed E-state index contributed by atoms with van der Waals surface area (Å²) in [5, 5.41) is 75.1. The molecule has 0 rings (SSSR count). The van der Waals surface area contributed by atoms with E-state index in [9.17, 15) is 30.6 Å². The third-order valence-electron chi connectivity index (χ3n) is 3.42. The van der Waals surface area contributed by atoms with E-state index in [0.29, 0.717) is 0 Å². The van der Waals surface area contributed by atoms with Gasteiger partial charge >= 0.3 is 0 Å². The van der Waals surface area contributed by atoms with Crippen LogP contribution in [0.15, 0.2) is 0 Å². The summed E-state index contributed by atoms with van der Waals surface area (Å²) < 4.78 is 0. The first kappa shape index (κ1) is 21.6. The average molecular weight is 327 g/mol. The van der Waals surface area contributed by atoms with Crippen LogP contribution in [0.1, 0.15) is 12.8 Å². The minimum atomic E-state index is -1.45. The lowest BCUT2D eigenvalue weighted by molar-refractivity contribution is -0.0891. The maximum Gasteiger partial charge on any atom is 0.107 e. The van der Waals surface area contributed by atoms with Gasteiger partial charge in [-0.15, -0.1) is 0 Å². The molecule has 9 nitrogen and oxygen atoms in total. The topological polar surface area (TPSA) is 165 Å². The van der Waals surface area contributed by atoms with Gasteiger partial charge in [-0.25, -0.2) is 0 Å². The lowest BCUT2D eigenvalue weighted by atomic mass is 10.0. The lowest BCUT2D eigenvalue weighted by Crippen LogP contribution is -2.48. The lowest BCUT2D eigenvalue weighted by Gasteiger charge is -2.30. The Hall–Kier alpha value is -0.360. The van der Waals surface area contributed by atoms with Gasteiger partial charge < -0.3 is 45.8 Å². The van der Waals surface area contributed by atoms with E-state index in [1.54, 1.807) is 0 Å². The highest BCUT2D eigenvalue weighted by atomic mass is 16.4. The molecule has 0 saturated carbocycles. The first-order chi connectivity index (χ1) is 10.2. The van der Waals surface area contributed by atoms with Crippen molar-refractivity contribution in [1.82, 2.24) is 4.90 Å². The van der Waals surface area contributed by atoms with E-state index in [2.05, 4.69) is 0 Å². The van der Waals surface area contributed by atoms with Gasteiger partial charge in [-0.2, -0.15) is 0 Å². The van der Waals surface area contributed by atoms with Gasteiger partial charge in [0.25, 0.3) is 0 Å².